The maximum Gasteiger partial charge on any atom is 0.312 e. The number of carbonyl (C=O) groups is 2. The lowest BCUT2D eigenvalue weighted by atomic mass is 10.1. The van der Waals surface area contributed by atoms with Gasteiger partial charge >= 0.3 is 6.03 Å². The van der Waals surface area contributed by atoms with Crippen molar-refractivity contribution in [2.75, 3.05) is 0 Å². The van der Waals surface area contributed by atoms with Crippen LogP contribution in [0.3, 0.4) is 0 Å². The molecule has 1 rings (SSSR count). The van der Waals surface area contributed by atoms with Crippen LogP contribution < -0.4 is 16.4 Å². The molecule has 0 aromatic carbocycles. The van der Waals surface area contributed by atoms with Crippen molar-refractivity contribution in [3.05, 3.63) is 0 Å². The van der Waals surface area contributed by atoms with Gasteiger partial charge in [0.1, 0.15) is 6.04 Å². The molecule has 3 amide bonds. The summed E-state index contributed by atoms with van der Waals surface area (Å²) in [6.07, 6.45) is 6.91. The number of carbonyl (C=O) groups excluding carboxylic acids is 2. The van der Waals surface area contributed by atoms with Crippen LogP contribution >= 0.6 is 0 Å². The number of nitrogens with two attached hydrogens (primary N) is 1. The van der Waals surface area contributed by atoms with Crippen LogP contribution in [0.4, 0.5) is 4.79 Å². The van der Waals surface area contributed by atoms with E-state index in [1.54, 1.807) is 6.92 Å². The molecular formula is C11H21N3O2. The van der Waals surface area contributed by atoms with E-state index in [4.69, 9.17) is 5.73 Å². The predicted octanol–water partition coefficient (Wildman–Crippen LogP) is 0.882. The van der Waals surface area contributed by atoms with Crippen molar-refractivity contribution in [3.63, 3.8) is 0 Å². The topological polar surface area (TPSA) is 84.2 Å². The second-order valence-corrected chi connectivity index (χ2v) is 4.43. The molecular weight excluding hydrogens is 206 g/mol. The largest absolute Gasteiger partial charge is 0.352 e. The van der Waals surface area contributed by atoms with Gasteiger partial charge in [-0.1, -0.05) is 25.7 Å². The first-order valence-electron chi connectivity index (χ1n) is 5.96. The molecule has 92 valence electrons. The number of urea groups is 1. The van der Waals surface area contributed by atoms with Gasteiger partial charge in [-0.2, -0.15) is 0 Å². The zero-order valence-corrected chi connectivity index (χ0v) is 9.79. The van der Waals surface area contributed by atoms with Gasteiger partial charge < -0.3 is 16.4 Å². The van der Waals surface area contributed by atoms with E-state index in [0.29, 0.717) is 0 Å². The number of primary amides is 1. The van der Waals surface area contributed by atoms with Crippen LogP contribution in [0.2, 0.25) is 0 Å². The second-order valence-electron chi connectivity index (χ2n) is 4.43. The van der Waals surface area contributed by atoms with Crippen LogP contribution in [-0.2, 0) is 4.79 Å². The van der Waals surface area contributed by atoms with E-state index >= 15 is 0 Å². The standard InChI is InChI=1S/C11H21N3O2/c1-8(13-11(12)16)10(15)14-9-6-4-2-3-5-7-9/h8-9H,2-7H2,1H3,(H,14,15)(H3,12,13,16). The van der Waals surface area contributed by atoms with Crippen LogP contribution in [0.15, 0.2) is 0 Å². The quantitative estimate of drug-likeness (QED) is 0.625. The summed E-state index contributed by atoms with van der Waals surface area (Å²) in [6, 6.07) is -0.962. The molecule has 0 radical (unpaired) electrons. The van der Waals surface area contributed by atoms with Gasteiger partial charge in [-0.3, -0.25) is 4.79 Å². The highest BCUT2D eigenvalue weighted by Gasteiger charge is 2.19. The number of amides is 3. The van der Waals surface area contributed by atoms with Gasteiger partial charge in [0.05, 0.1) is 0 Å². The molecule has 1 saturated carbocycles. The Bertz CT molecular complexity index is 248. The molecule has 0 aromatic rings. The van der Waals surface area contributed by atoms with Gasteiger partial charge in [-0.05, 0) is 19.8 Å². The smallest absolute Gasteiger partial charge is 0.312 e. The summed E-state index contributed by atoms with van der Waals surface area (Å²) in [5.41, 5.74) is 4.96. The Balaban J connectivity index is 2.34. The lowest BCUT2D eigenvalue weighted by Crippen LogP contribution is -2.49. The van der Waals surface area contributed by atoms with E-state index in [0.717, 1.165) is 12.8 Å². The van der Waals surface area contributed by atoms with Crippen molar-refractivity contribution in [2.45, 2.75) is 57.5 Å². The van der Waals surface area contributed by atoms with Crippen LogP contribution in [0.1, 0.15) is 45.4 Å². The Kier molecular flexibility index (Phi) is 5.08. The van der Waals surface area contributed by atoms with Gasteiger partial charge in [0.25, 0.3) is 0 Å². The molecule has 5 nitrogen and oxygen atoms in total. The SMILES string of the molecule is CC(NC(N)=O)C(=O)NC1CCCCCC1. The molecule has 1 aliphatic rings. The van der Waals surface area contributed by atoms with Crippen molar-refractivity contribution in [1.82, 2.24) is 10.6 Å². The van der Waals surface area contributed by atoms with E-state index in [9.17, 15) is 9.59 Å². The van der Waals surface area contributed by atoms with Gasteiger partial charge in [-0.25, -0.2) is 4.79 Å². The molecule has 1 fully saturated rings. The fraction of sp³-hybridized carbons (Fsp3) is 0.818. The summed E-state index contributed by atoms with van der Waals surface area (Å²) >= 11 is 0. The van der Waals surface area contributed by atoms with Crippen molar-refractivity contribution >= 4 is 11.9 Å². The van der Waals surface area contributed by atoms with Crippen LogP contribution in [-0.4, -0.2) is 24.0 Å². The summed E-state index contributed by atoms with van der Waals surface area (Å²) in [5, 5.41) is 5.33. The molecule has 0 heterocycles. The Hall–Kier alpha value is -1.26. The molecule has 0 saturated heterocycles. The third-order valence-electron chi connectivity index (χ3n) is 2.95. The molecule has 0 spiro atoms. The highest BCUT2D eigenvalue weighted by Crippen LogP contribution is 2.17. The summed E-state index contributed by atoms with van der Waals surface area (Å²) in [7, 11) is 0. The van der Waals surface area contributed by atoms with E-state index in [-0.39, 0.29) is 11.9 Å². The molecule has 0 aromatic heterocycles. The average Bonchev–Trinajstić information content (AvgIpc) is 2.45. The van der Waals surface area contributed by atoms with E-state index in [2.05, 4.69) is 10.6 Å². The number of hydrogen-bond acceptors (Lipinski definition) is 2. The van der Waals surface area contributed by atoms with Crippen molar-refractivity contribution in [2.24, 2.45) is 5.73 Å². The molecule has 0 bridgehead atoms. The zero-order valence-electron chi connectivity index (χ0n) is 9.79. The third-order valence-corrected chi connectivity index (χ3v) is 2.95. The van der Waals surface area contributed by atoms with Gasteiger partial charge in [0.2, 0.25) is 5.91 Å². The Morgan fingerprint density at radius 2 is 1.75 bits per heavy atom. The molecule has 1 aliphatic carbocycles. The molecule has 1 unspecified atom stereocenters. The minimum Gasteiger partial charge on any atom is -0.352 e. The number of hydrogen-bond donors (Lipinski definition) is 3. The van der Waals surface area contributed by atoms with Crippen LogP contribution in [0.5, 0.6) is 0 Å². The van der Waals surface area contributed by atoms with Crippen molar-refractivity contribution in [1.29, 1.82) is 0 Å². The number of rotatable bonds is 3. The average molecular weight is 227 g/mol. The normalized spacial score (nSPS) is 19.6. The fourth-order valence-corrected chi connectivity index (χ4v) is 2.03. The fourth-order valence-electron chi connectivity index (χ4n) is 2.03. The maximum absolute atomic E-state index is 11.7. The summed E-state index contributed by atoms with van der Waals surface area (Å²) in [6.45, 7) is 1.64. The molecule has 1 atom stereocenters. The zero-order chi connectivity index (χ0) is 12.0. The molecule has 4 N–H and O–H groups in total. The molecule has 0 aliphatic heterocycles. The molecule has 16 heavy (non-hydrogen) atoms. The van der Waals surface area contributed by atoms with Crippen LogP contribution in [0.25, 0.3) is 0 Å². The lowest BCUT2D eigenvalue weighted by molar-refractivity contribution is -0.123. The van der Waals surface area contributed by atoms with E-state index in [1.807, 2.05) is 0 Å². The Morgan fingerprint density at radius 3 is 2.25 bits per heavy atom. The maximum atomic E-state index is 11.7. The van der Waals surface area contributed by atoms with Crippen molar-refractivity contribution < 1.29 is 9.59 Å². The van der Waals surface area contributed by atoms with Gasteiger partial charge in [0.15, 0.2) is 0 Å². The predicted molar refractivity (Wildman–Crippen MR) is 61.8 cm³/mol. The molecule has 5 heteroatoms. The Morgan fingerprint density at radius 1 is 1.19 bits per heavy atom. The second kappa shape index (κ2) is 6.35. The minimum absolute atomic E-state index is 0.147. The third kappa shape index (κ3) is 4.51. The first-order chi connectivity index (χ1) is 7.59. The van der Waals surface area contributed by atoms with Gasteiger partial charge in [-0.15, -0.1) is 0 Å². The monoisotopic (exact) mass is 227 g/mol. The highest BCUT2D eigenvalue weighted by molar-refractivity contribution is 5.86. The highest BCUT2D eigenvalue weighted by atomic mass is 16.2. The summed E-state index contributed by atoms with van der Waals surface area (Å²) in [5.74, 6) is -0.147. The summed E-state index contributed by atoms with van der Waals surface area (Å²) < 4.78 is 0. The van der Waals surface area contributed by atoms with E-state index in [1.165, 1.54) is 25.7 Å². The Labute approximate surface area is 96.1 Å². The van der Waals surface area contributed by atoms with E-state index < -0.39 is 12.1 Å². The first-order valence-corrected chi connectivity index (χ1v) is 5.96. The number of nitrogens with one attached hydrogen (secondary N) is 2. The summed E-state index contributed by atoms with van der Waals surface area (Å²) in [4.78, 5) is 22.3. The van der Waals surface area contributed by atoms with Crippen LogP contribution in [0, 0.1) is 0 Å². The lowest BCUT2D eigenvalue weighted by Gasteiger charge is -2.19. The first kappa shape index (κ1) is 12.8. The van der Waals surface area contributed by atoms with Crippen molar-refractivity contribution in [3.8, 4) is 0 Å². The minimum atomic E-state index is -0.663. The van der Waals surface area contributed by atoms with Gasteiger partial charge in [0, 0.05) is 6.04 Å².